The smallest absolute Gasteiger partial charge is 0.308 e. The van der Waals surface area contributed by atoms with Crippen LogP contribution in [0.3, 0.4) is 0 Å². The summed E-state index contributed by atoms with van der Waals surface area (Å²) in [4.78, 5) is 30.4. The maximum absolute atomic E-state index is 13.1. The van der Waals surface area contributed by atoms with Crippen LogP contribution in [0, 0.1) is 5.92 Å². The van der Waals surface area contributed by atoms with Crippen LogP contribution in [-0.2, 0) is 4.79 Å². The number of amides is 1. The lowest BCUT2D eigenvalue weighted by Gasteiger charge is -2.42. The first-order chi connectivity index (χ1) is 11.0. The van der Waals surface area contributed by atoms with Crippen LogP contribution in [0.1, 0.15) is 37.0 Å². The Kier molecular flexibility index (Phi) is 4.03. The molecule has 3 unspecified atom stereocenters. The summed E-state index contributed by atoms with van der Waals surface area (Å²) in [6.07, 6.45) is 4.72. The number of benzene rings is 1. The van der Waals surface area contributed by atoms with Crippen molar-refractivity contribution >= 4 is 22.6 Å². The highest BCUT2D eigenvalue weighted by Gasteiger charge is 2.39. The van der Waals surface area contributed by atoms with Crippen LogP contribution in [0.15, 0.2) is 36.7 Å². The van der Waals surface area contributed by atoms with Crippen molar-refractivity contribution in [3.8, 4) is 0 Å². The number of carbonyl (C=O) groups excluding carboxylic acids is 1. The highest BCUT2D eigenvalue weighted by Crippen LogP contribution is 2.31. The van der Waals surface area contributed by atoms with E-state index in [9.17, 15) is 14.7 Å². The molecule has 0 bridgehead atoms. The van der Waals surface area contributed by atoms with Crippen molar-refractivity contribution in [2.24, 2.45) is 5.92 Å². The van der Waals surface area contributed by atoms with Crippen LogP contribution in [0.4, 0.5) is 0 Å². The first-order valence-electron chi connectivity index (χ1n) is 7.89. The Hall–Kier alpha value is -2.43. The molecule has 1 N–H and O–H groups in total. The third-order valence-corrected chi connectivity index (χ3v) is 4.85. The number of likely N-dealkylation sites (tertiary alicyclic amines) is 1. The van der Waals surface area contributed by atoms with Crippen LogP contribution in [0.25, 0.3) is 10.8 Å². The highest BCUT2D eigenvalue weighted by atomic mass is 16.4. The predicted molar refractivity (Wildman–Crippen MR) is 87.2 cm³/mol. The van der Waals surface area contributed by atoms with Crippen LogP contribution in [0.5, 0.6) is 0 Å². The lowest BCUT2D eigenvalue weighted by molar-refractivity contribution is -0.145. The number of hydrogen-bond donors (Lipinski definition) is 1. The van der Waals surface area contributed by atoms with Gasteiger partial charge in [-0.05, 0) is 44.2 Å². The van der Waals surface area contributed by atoms with E-state index < -0.39 is 11.9 Å². The van der Waals surface area contributed by atoms with Gasteiger partial charge in [0.1, 0.15) is 0 Å². The maximum Gasteiger partial charge on any atom is 0.308 e. The normalized spacial score (nSPS) is 24.6. The third kappa shape index (κ3) is 2.67. The maximum atomic E-state index is 13.1. The fourth-order valence-electron chi connectivity index (χ4n) is 3.56. The Balaban J connectivity index is 2.02. The Labute approximate surface area is 134 Å². The number of hydrogen-bond acceptors (Lipinski definition) is 3. The molecule has 2 heterocycles. The summed E-state index contributed by atoms with van der Waals surface area (Å²) in [5.74, 6) is -1.44. The third-order valence-electron chi connectivity index (χ3n) is 4.85. The molecule has 0 saturated carbocycles. The molecule has 5 nitrogen and oxygen atoms in total. The first-order valence-corrected chi connectivity index (χ1v) is 7.89. The molecule has 1 amide bonds. The summed E-state index contributed by atoms with van der Waals surface area (Å²) in [6, 6.07) is 7.10. The van der Waals surface area contributed by atoms with Crippen molar-refractivity contribution in [2.75, 3.05) is 0 Å². The second-order valence-corrected chi connectivity index (χ2v) is 6.23. The average molecular weight is 312 g/mol. The summed E-state index contributed by atoms with van der Waals surface area (Å²) >= 11 is 0. The number of aliphatic carboxylic acids is 1. The van der Waals surface area contributed by atoms with Crippen molar-refractivity contribution in [1.29, 1.82) is 0 Å². The van der Waals surface area contributed by atoms with E-state index in [4.69, 9.17) is 0 Å². The SMILES string of the molecule is CC1CCC(C(=O)O)C(C)N1C(=O)c1cccc2cnccc12. The molecule has 3 atom stereocenters. The molecule has 120 valence electrons. The fraction of sp³-hybridized carbons (Fsp3) is 0.389. The molecule has 3 rings (SSSR count). The van der Waals surface area contributed by atoms with Gasteiger partial charge in [-0.3, -0.25) is 14.6 Å². The van der Waals surface area contributed by atoms with Gasteiger partial charge < -0.3 is 10.0 Å². The number of fused-ring (bicyclic) bond motifs is 1. The topological polar surface area (TPSA) is 70.5 Å². The van der Waals surface area contributed by atoms with Crippen LogP contribution in [-0.4, -0.2) is 39.0 Å². The van der Waals surface area contributed by atoms with Crippen molar-refractivity contribution < 1.29 is 14.7 Å². The van der Waals surface area contributed by atoms with Gasteiger partial charge in [0, 0.05) is 35.4 Å². The summed E-state index contributed by atoms with van der Waals surface area (Å²) < 4.78 is 0. The Bertz CT molecular complexity index is 754. The molecule has 1 saturated heterocycles. The number of aromatic nitrogens is 1. The lowest BCUT2D eigenvalue weighted by Crippen LogP contribution is -2.53. The monoisotopic (exact) mass is 312 g/mol. The molecule has 0 spiro atoms. The number of rotatable bonds is 2. The summed E-state index contributed by atoms with van der Waals surface area (Å²) in [6.45, 7) is 3.82. The molecule has 1 aromatic heterocycles. The van der Waals surface area contributed by atoms with Gasteiger partial charge >= 0.3 is 5.97 Å². The summed E-state index contributed by atoms with van der Waals surface area (Å²) in [5, 5.41) is 11.1. The predicted octanol–water partition coefficient (Wildman–Crippen LogP) is 2.95. The Morgan fingerprint density at radius 2 is 2.00 bits per heavy atom. The van der Waals surface area contributed by atoms with E-state index in [0.717, 1.165) is 10.8 Å². The molecule has 0 aliphatic carbocycles. The largest absolute Gasteiger partial charge is 0.481 e. The quantitative estimate of drug-likeness (QED) is 0.925. The molecule has 2 aromatic rings. The van der Waals surface area contributed by atoms with Crippen molar-refractivity contribution in [2.45, 2.75) is 38.8 Å². The van der Waals surface area contributed by atoms with Gasteiger partial charge in [0.25, 0.3) is 5.91 Å². The van der Waals surface area contributed by atoms with E-state index in [-0.39, 0.29) is 18.0 Å². The van der Waals surface area contributed by atoms with Gasteiger partial charge in [-0.25, -0.2) is 0 Å². The molecule has 0 radical (unpaired) electrons. The van der Waals surface area contributed by atoms with Crippen molar-refractivity contribution in [3.05, 3.63) is 42.2 Å². The zero-order chi connectivity index (χ0) is 16.6. The molecule has 1 fully saturated rings. The minimum absolute atomic E-state index is 0.0326. The van der Waals surface area contributed by atoms with Gasteiger partial charge in [0.2, 0.25) is 0 Å². The standard InChI is InChI=1S/C18H20N2O3/c1-11-6-7-14(18(22)23)12(2)20(11)17(21)16-5-3-4-13-10-19-9-8-15(13)16/h3-5,8-12,14H,6-7H2,1-2H3,(H,22,23). The van der Waals surface area contributed by atoms with Gasteiger partial charge in [-0.15, -0.1) is 0 Å². The number of carboxylic acids is 1. The molecule has 1 aliphatic rings. The Morgan fingerprint density at radius 3 is 2.74 bits per heavy atom. The molecule has 23 heavy (non-hydrogen) atoms. The van der Waals surface area contributed by atoms with E-state index in [0.29, 0.717) is 18.4 Å². The summed E-state index contributed by atoms with van der Waals surface area (Å²) in [7, 11) is 0. The number of nitrogens with zero attached hydrogens (tertiary/aromatic N) is 2. The zero-order valence-corrected chi connectivity index (χ0v) is 13.3. The van der Waals surface area contributed by atoms with Crippen LogP contribution >= 0.6 is 0 Å². The minimum atomic E-state index is -0.829. The Morgan fingerprint density at radius 1 is 1.22 bits per heavy atom. The van der Waals surface area contributed by atoms with Gasteiger partial charge in [-0.1, -0.05) is 12.1 Å². The minimum Gasteiger partial charge on any atom is -0.481 e. The second kappa shape index (κ2) is 5.99. The molecule has 1 aromatic carbocycles. The van der Waals surface area contributed by atoms with E-state index in [1.54, 1.807) is 23.4 Å². The number of piperidine rings is 1. The molecular formula is C18H20N2O3. The highest BCUT2D eigenvalue weighted by molar-refractivity contribution is 6.07. The van der Waals surface area contributed by atoms with Crippen molar-refractivity contribution in [3.63, 3.8) is 0 Å². The van der Waals surface area contributed by atoms with E-state index >= 15 is 0 Å². The zero-order valence-electron chi connectivity index (χ0n) is 13.3. The van der Waals surface area contributed by atoms with Crippen LogP contribution in [0.2, 0.25) is 0 Å². The van der Waals surface area contributed by atoms with Crippen LogP contribution < -0.4 is 0 Å². The first kappa shape index (κ1) is 15.5. The fourth-order valence-corrected chi connectivity index (χ4v) is 3.56. The summed E-state index contributed by atoms with van der Waals surface area (Å²) in [5.41, 5.74) is 0.606. The van der Waals surface area contributed by atoms with E-state index in [1.807, 2.05) is 32.0 Å². The molecular weight excluding hydrogens is 292 g/mol. The number of carbonyl (C=O) groups is 2. The second-order valence-electron chi connectivity index (χ2n) is 6.23. The van der Waals surface area contributed by atoms with E-state index in [1.165, 1.54) is 0 Å². The molecule has 5 heteroatoms. The van der Waals surface area contributed by atoms with Gasteiger partial charge in [0.15, 0.2) is 0 Å². The van der Waals surface area contributed by atoms with E-state index in [2.05, 4.69) is 4.98 Å². The molecule has 1 aliphatic heterocycles. The van der Waals surface area contributed by atoms with Gasteiger partial charge in [0.05, 0.1) is 5.92 Å². The van der Waals surface area contributed by atoms with Gasteiger partial charge in [-0.2, -0.15) is 0 Å². The van der Waals surface area contributed by atoms with Crippen molar-refractivity contribution in [1.82, 2.24) is 9.88 Å². The number of pyridine rings is 1. The average Bonchev–Trinajstić information content (AvgIpc) is 2.53. The lowest BCUT2D eigenvalue weighted by atomic mass is 9.86. The number of carboxylic acid groups (broad SMARTS) is 1.